The zero-order valence-corrected chi connectivity index (χ0v) is 10.2. The fourth-order valence-corrected chi connectivity index (χ4v) is 1.48. The Morgan fingerprint density at radius 3 is 2.62 bits per heavy atom. The van der Waals surface area contributed by atoms with Crippen molar-refractivity contribution in [2.24, 2.45) is 0 Å². The fraction of sp³-hybridized carbons (Fsp3) is 0.500. The topological polar surface area (TPSA) is 55.5 Å². The molecule has 0 saturated heterocycles. The second kappa shape index (κ2) is 5.18. The highest BCUT2D eigenvalue weighted by atomic mass is 16.5. The van der Waals surface area contributed by atoms with E-state index in [2.05, 4.69) is 0 Å². The van der Waals surface area contributed by atoms with Crippen LogP contribution in [0.25, 0.3) is 0 Å². The van der Waals surface area contributed by atoms with Crippen LogP contribution < -0.4 is 10.5 Å². The lowest BCUT2D eigenvalue weighted by Gasteiger charge is -2.26. The van der Waals surface area contributed by atoms with Gasteiger partial charge in [-0.05, 0) is 12.1 Å². The lowest BCUT2D eigenvalue weighted by atomic mass is 10.3. The molecule has 0 spiro atoms. The Kier molecular flexibility index (Phi) is 4.15. The summed E-state index contributed by atoms with van der Waals surface area (Å²) in [6, 6.07) is 7.21. The van der Waals surface area contributed by atoms with Crippen LogP contribution in [0.2, 0.25) is 0 Å². The summed E-state index contributed by atoms with van der Waals surface area (Å²) < 4.78 is 6.16. The van der Waals surface area contributed by atoms with Gasteiger partial charge in [0.05, 0.1) is 21.1 Å². The number of aliphatic hydroxyl groups excluding tert-OH is 1. The third-order valence-corrected chi connectivity index (χ3v) is 2.06. The van der Waals surface area contributed by atoms with E-state index in [1.807, 2.05) is 33.3 Å². The third-order valence-electron chi connectivity index (χ3n) is 2.06. The van der Waals surface area contributed by atoms with Crippen LogP contribution in [0.3, 0.4) is 0 Å². The average molecular weight is 225 g/mol. The number of hydrogen-bond acceptors (Lipinski definition) is 3. The van der Waals surface area contributed by atoms with Crippen molar-refractivity contribution in [1.29, 1.82) is 0 Å². The number of nitrogens with zero attached hydrogens (tertiary/aromatic N) is 1. The summed E-state index contributed by atoms with van der Waals surface area (Å²) in [5, 5.41) is 9.74. The second-order valence-electron chi connectivity index (χ2n) is 5.01. The molecule has 1 aromatic rings. The van der Waals surface area contributed by atoms with Crippen molar-refractivity contribution in [2.75, 3.05) is 40.0 Å². The van der Waals surface area contributed by atoms with E-state index >= 15 is 0 Å². The summed E-state index contributed by atoms with van der Waals surface area (Å²) in [5.74, 6) is 0.695. The first-order chi connectivity index (χ1) is 7.37. The highest BCUT2D eigenvalue weighted by Gasteiger charge is 2.15. The van der Waals surface area contributed by atoms with E-state index in [0.29, 0.717) is 29.1 Å². The number of likely N-dealkylation sites (N-methyl/N-ethyl adjacent to an activating group) is 1. The number of rotatable bonds is 5. The van der Waals surface area contributed by atoms with E-state index in [9.17, 15) is 5.11 Å². The average Bonchev–Trinajstić information content (AvgIpc) is 2.12. The summed E-state index contributed by atoms with van der Waals surface area (Å²) in [6.07, 6.45) is -0.471. The number of nitrogens with two attached hydrogens (primary N) is 1. The lowest BCUT2D eigenvalue weighted by Crippen LogP contribution is -2.43. The minimum Gasteiger partial charge on any atom is -0.491 e. The van der Waals surface area contributed by atoms with E-state index in [1.165, 1.54) is 0 Å². The predicted octanol–water partition coefficient (Wildman–Crippen LogP) is 0.715. The summed E-state index contributed by atoms with van der Waals surface area (Å²) in [7, 11) is 6.09. The summed E-state index contributed by atoms with van der Waals surface area (Å²) in [4.78, 5) is 0. The second-order valence-corrected chi connectivity index (χ2v) is 5.01. The van der Waals surface area contributed by atoms with E-state index in [0.717, 1.165) is 0 Å². The molecule has 3 N–H and O–H groups in total. The SMILES string of the molecule is C[N+](C)(C)CC(O)COc1cccc(N)c1. The minimum atomic E-state index is -0.471. The maximum Gasteiger partial charge on any atom is 0.137 e. The molecule has 0 radical (unpaired) electrons. The first-order valence-corrected chi connectivity index (χ1v) is 5.34. The molecule has 0 saturated carbocycles. The van der Waals surface area contributed by atoms with Crippen LogP contribution >= 0.6 is 0 Å². The van der Waals surface area contributed by atoms with Gasteiger partial charge in [0.25, 0.3) is 0 Å². The Balaban J connectivity index is 2.40. The van der Waals surface area contributed by atoms with Crippen LogP contribution in [0.4, 0.5) is 5.69 Å². The molecule has 90 valence electrons. The number of benzene rings is 1. The molecule has 0 heterocycles. The standard InChI is InChI=1S/C12H21N2O2/c1-14(2,3)8-11(15)9-16-12-6-4-5-10(13)7-12/h4-7,11,15H,8-9,13H2,1-3H3/q+1. The van der Waals surface area contributed by atoms with Crippen molar-refractivity contribution < 1.29 is 14.3 Å². The van der Waals surface area contributed by atoms with Crippen LogP contribution in [0, 0.1) is 0 Å². The number of hydrogen-bond donors (Lipinski definition) is 2. The lowest BCUT2D eigenvalue weighted by molar-refractivity contribution is -0.873. The molecule has 1 atom stereocenters. The zero-order valence-electron chi connectivity index (χ0n) is 10.2. The Morgan fingerprint density at radius 2 is 2.06 bits per heavy atom. The van der Waals surface area contributed by atoms with Gasteiger partial charge in [-0.1, -0.05) is 6.07 Å². The van der Waals surface area contributed by atoms with Crippen molar-refractivity contribution in [3.63, 3.8) is 0 Å². The smallest absolute Gasteiger partial charge is 0.137 e. The maximum absolute atomic E-state index is 9.74. The van der Waals surface area contributed by atoms with Crippen LogP contribution in [0.15, 0.2) is 24.3 Å². The van der Waals surface area contributed by atoms with Crippen molar-refractivity contribution in [2.45, 2.75) is 6.10 Å². The van der Waals surface area contributed by atoms with Crippen LogP contribution in [0.1, 0.15) is 0 Å². The first kappa shape index (κ1) is 12.8. The van der Waals surface area contributed by atoms with Gasteiger partial charge in [0.15, 0.2) is 0 Å². The van der Waals surface area contributed by atoms with Gasteiger partial charge in [-0.3, -0.25) is 0 Å². The van der Waals surface area contributed by atoms with Crippen LogP contribution in [-0.2, 0) is 0 Å². The maximum atomic E-state index is 9.74. The number of anilines is 1. The molecular formula is C12H21N2O2+. The van der Waals surface area contributed by atoms with Gasteiger partial charge < -0.3 is 20.1 Å². The predicted molar refractivity (Wildman–Crippen MR) is 65.3 cm³/mol. The summed E-state index contributed by atoms with van der Waals surface area (Å²) >= 11 is 0. The van der Waals surface area contributed by atoms with E-state index in [4.69, 9.17) is 10.5 Å². The molecule has 0 aromatic heterocycles. The van der Waals surface area contributed by atoms with E-state index < -0.39 is 6.10 Å². The first-order valence-electron chi connectivity index (χ1n) is 5.34. The van der Waals surface area contributed by atoms with Gasteiger partial charge in [0.2, 0.25) is 0 Å². The molecule has 4 heteroatoms. The minimum absolute atomic E-state index is 0.291. The van der Waals surface area contributed by atoms with Gasteiger partial charge in [0.1, 0.15) is 25.0 Å². The van der Waals surface area contributed by atoms with Gasteiger partial charge in [-0.2, -0.15) is 0 Å². The summed E-state index contributed by atoms with van der Waals surface area (Å²) in [5.41, 5.74) is 6.29. The number of aliphatic hydroxyl groups is 1. The highest BCUT2D eigenvalue weighted by Crippen LogP contribution is 2.14. The van der Waals surface area contributed by atoms with E-state index in [-0.39, 0.29) is 0 Å². The number of quaternary nitrogens is 1. The summed E-state index contributed by atoms with van der Waals surface area (Å²) in [6.45, 7) is 0.946. The third kappa shape index (κ3) is 5.00. The van der Waals surface area contributed by atoms with Gasteiger partial charge in [0, 0.05) is 11.8 Å². The van der Waals surface area contributed by atoms with Crippen molar-refractivity contribution in [3.8, 4) is 5.75 Å². The monoisotopic (exact) mass is 225 g/mol. The fourth-order valence-electron chi connectivity index (χ4n) is 1.48. The largest absolute Gasteiger partial charge is 0.491 e. The molecule has 1 unspecified atom stereocenters. The van der Waals surface area contributed by atoms with Gasteiger partial charge in [-0.25, -0.2) is 0 Å². The number of ether oxygens (including phenoxy) is 1. The molecule has 4 nitrogen and oxygen atoms in total. The van der Waals surface area contributed by atoms with Crippen molar-refractivity contribution in [3.05, 3.63) is 24.3 Å². The molecule has 0 fully saturated rings. The molecule has 0 bridgehead atoms. The van der Waals surface area contributed by atoms with Gasteiger partial charge in [-0.15, -0.1) is 0 Å². The molecule has 0 aliphatic rings. The van der Waals surface area contributed by atoms with Crippen molar-refractivity contribution in [1.82, 2.24) is 0 Å². The van der Waals surface area contributed by atoms with Crippen LogP contribution in [-0.4, -0.2) is 50.0 Å². The highest BCUT2D eigenvalue weighted by molar-refractivity contribution is 5.43. The Morgan fingerprint density at radius 1 is 1.38 bits per heavy atom. The molecule has 0 aliphatic carbocycles. The van der Waals surface area contributed by atoms with Crippen molar-refractivity contribution >= 4 is 5.69 Å². The molecule has 1 aromatic carbocycles. The molecular weight excluding hydrogens is 204 g/mol. The molecule has 0 amide bonds. The normalized spacial score (nSPS) is 13.5. The van der Waals surface area contributed by atoms with E-state index in [1.54, 1.807) is 12.1 Å². The van der Waals surface area contributed by atoms with Gasteiger partial charge >= 0.3 is 0 Å². The Bertz CT molecular complexity index is 334. The number of nitrogen functional groups attached to an aromatic ring is 1. The Labute approximate surface area is 96.8 Å². The zero-order chi connectivity index (χ0) is 12.2. The Hall–Kier alpha value is -1.26. The van der Waals surface area contributed by atoms with Crippen LogP contribution in [0.5, 0.6) is 5.75 Å². The molecule has 0 aliphatic heterocycles. The molecule has 1 rings (SSSR count). The molecule has 16 heavy (non-hydrogen) atoms. The quantitative estimate of drug-likeness (QED) is 0.573.